The van der Waals surface area contributed by atoms with E-state index in [1.165, 1.54) is 13.1 Å². The van der Waals surface area contributed by atoms with Gasteiger partial charge in [0.2, 0.25) is 15.9 Å². The molecule has 1 atom stereocenters. The highest BCUT2D eigenvalue weighted by molar-refractivity contribution is 7.89. The Balaban J connectivity index is 1.97. The van der Waals surface area contributed by atoms with Gasteiger partial charge in [-0.15, -0.1) is 0 Å². The van der Waals surface area contributed by atoms with Crippen molar-refractivity contribution in [3.63, 3.8) is 0 Å². The van der Waals surface area contributed by atoms with Gasteiger partial charge in [0.15, 0.2) is 0 Å². The molecule has 0 saturated carbocycles. The molecule has 0 aliphatic carbocycles. The minimum absolute atomic E-state index is 0.00313. The zero-order valence-corrected chi connectivity index (χ0v) is 13.0. The second kappa shape index (κ2) is 6.55. The van der Waals surface area contributed by atoms with Crippen LogP contribution in [0.1, 0.15) is 12.5 Å². The SMILES string of the molecule is CNS(=O)(=O)c1cccc(CNC(=O)C(C)C2CNC2)c1. The van der Waals surface area contributed by atoms with E-state index >= 15 is 0 Å². The fraction of sp³-hybridized carbons (Fsp3) is 0.500. The van der Waals surface area contributed by atoms with Crippen LogP contribution < -0.4 is 15.4 Å². The number of sulfonamides is 1. The highest BCUT2D eigenvalue weighted by Crippen LogP contribution is 2.16. The van der Waals surface area contributed by atoms with Crippen LogP contribution in [0.25, 0.3) is 0 Å². The predicted molar refractivity (Wildman–Crippen MR) is 80.1 cm³/mol. The number of carbonyl (C=O) groups excluding carboxylic acids is 1. The molecule has 0 spiro atoms. The molecule has 21 heavy (non-hydrogen) atoms. The van der Waals surface area contributed by atoms with E-state index in [4.69, 9.17) is 0 Å². The van der Waals surface area contributed by atoms with Gasteiger partial charge < -0.3 is 10.6 Å². The fourth-order valence-corrected chi connectivity index (χ4v) is 2.97. The monoisotopic (exact) mass is 311 g/mol. The zero-order chi connectivity index (χ0) is 15.5. The Morgan fingerprint density at radius 1 is 1.43 bits per heavy atom. The first-order valence-corrected chi connectivity index (χ1v) is 8.43. The minimum atomic E-state index is -3.45. The molecule has 1 fully saturated rings. The second-order valence-corrected chi connectivity index (χ2v) is 7.17. The van der Waals surface area contributed by atoms with Gasteiger partial charge in [0.05, 0.1) is 4.90 Å². The van der Waals surface area contributed by atoms with E-state index < -0.39 is 10.0 Å². The van der Waals surface area contributed by atoms with Gasteiger partial charge in [0.1, 0.15) is 0 Å². The van der Waals surface area contributed by atoms with Crippen molar-refractivity contribution in [1.82, 2.24) is 15.4 Å². The molecule has 1 saturated heterocycles. The smallest absolute Gasteiger partial charge is 0.240 e. The number of rotatable bonds is 6. The van der Waals surface area contributed by atoms with Crippen molar-refractivity contribution in [2.45, 2.75) is 18.4 Å². The maximum atomic E-state index is 12.0. The first-order valence-electron chi connectivity index (χ1n) is 6.95. The van der Waals surface area contributed by atoms with Gasteiger partial charge in [0.25, 0.3) is 0 Å². The largest absolute Gasteiger partial charge is 0.352 e. The summed E-state index contributed by atoms with van der Waals surface area (Å²) >= 11 is 0. The third-order valence-electron chi connectivity index (χ3n) is 3.88. The highest BCUT2D eigenvalue weighted by atomic mass is 32.2. The van der Waals surface area contributed by atoms with Crippen molar-refractivity contribution < 1.29 is 13.2 Å². The Morgan fingerprint density at radius 2 is 2.14 bits per heavy atom. The summed E-state index contributed by atoms with van der Waals surface area (Å²) in [4.78, 5) is 12.2. The van der Waals surface area contributed by atoms with Gasteiger partial charge in [-0.25, -0.2) is 13.1 Å². The van der Waals surface area contributed by atoms with Crippen LogP contribution in [0.15, 0.2) is 29.2 Å². The zero-order valence-electron chi connectivity index (χ0n) is 12.2. The molecule has 3 N–H and O–H groups in total. The third kappa shape index (κ3) is 3.81. The van der Waals surface area contributed by atoms with E-state index in [2.05, 4.69) is 15.4 Å². The molecule has 1 aliphatic rings. The molecular formula is C14H21N3O3S. The maximum absolute atomic E-state index is 12.0. The number of hydrogen-bond acceptors (Lipinski definition) is 4. The summed E-state index contributed by atoms with van der Waals surface area (Å²) in [5.41, 5.74) is 0.763. The van der Waals surface area contributed by atoms with E-state index in [1.54, 1.807) is 18.2 Å². The Labute approximate surface area is 125 Å². The second-order valence-electron chi connectivity index (χ2n) is 5.28. The lowest BCUT2D eigenvalue weighted by Gasteiger charge is -2.31. The summed E-state index contributed by atoms with van der Waals surface area (Å²) in [6.07, 6.45) is 0. The lowest BCUT2D eigenvalue weighted by atomic mass is 9.88. The van der Waals surface area contributed by atoms with Gasteiger partial charge in [0, 0.05) is 12.5 Å². The van der Waals surface area contributed by atoms with Crippen molar-refractivity contribution in [3.05, 3.63) is 29.8 Å². The minimum Gasteiger partial charge on any atom is -0.352 e. The van der Waals surface area contributed by atoms with Crippen LogP contribution in [-0.4, -0.2) is 34.5 Å². The molecule has 2 rings (SSSR count). The summed E-state index contributed by atoms with van der Waals surface area (Å²) < 4.78 is 25.7. The molecule has 0 bridgehead atoms. The van der Waals surface area contributed by atoms with Crippen molar-refractivity contribution in [2.24, 2.45) is 11.8 Å². The highest BCUT2D eigenvalue weighted by Gasteiger charge is 2.28. The fourth-order valence-electron chi connectivity index (χ4n) is 2.17. The maximum Gasteiger partial charge on any atom is 0.240 e. The number of hydrogen-bond donors (Lipinski definition) is 3. The molecule has 0 aromatic heterocycles. The van der Waals surface area contributed by atoms with Crippen LogP contribution in [-0.2, 0) is 21.4 Å². The lowest BCUT2D eigenvalue weighted by Crippen LogP contribution is -2.49. The topological polar surface area (TPSA) is 87.3 Å². The van der Waals surface area contributed by atoms with E-state index in [1.807, 2.05) is 6.92 Å². The number of benzene rings is 1. The van der Waals surface area contributed by atoms with E-state index in [0.717, 1.165) is 18.7 Å². The van der Waals surface area contributed by atoms with Crippen LogP contribution in [0, 0.1) is 11.8 Å². The quantitative estimate of drug-likeness (QED) is 0.694. The van der Waals surface area contributed by atoms with Crippen LogP contribution in [0.3, 0.4) is 0 Å². The Bertz CT molecular complexity index is 612. The van der Waals surface area contributed by atoms with E-state index in [9.17, 15) is 13.2 Å². The number of amides is 1. The average molecular weight is 311 g/mol. The first kappa shape index (κ1) is 15.9. The molecule has 1 heterocycles. The molecule has 1 unspecified atom stereocenters. The van der Waals surface area contributed by atoms with Gasteiger partial charge >= 0.3 is 0 Å². The molecule has 1 aliphatic heterocycles. The Hall–Kier alpha value is -1.44. The van der Waals surface area contributed by atoms with Crippen molar-refractivity contribution >= 4 is 15.9 Å². The summed E-state index contributed by atoms with van der Waals surface area (Å²) in [6.45, 7) is 4.01. The predicted octanol–water partition coefficient (Wildman–Crippen LogP) is 0.0664. The van der Waals surface area contributed by atoms with Gasteiger partial charge in [-0.3, -0.25) is 4.79 Å². The summed E-state index contributed by atoms with van der Waals surface area (Å²) in [5, 5.41) is 6.01. The standard InChI is InChI=1S/C14H21N3O3S/c1-10(12-8-16-9-12)14(18)17-7-11-4-3-5-13(6-11)21(19,20)15-2/h3-6,10,12,15-16H,7-9H2,1-2H3,(H,17,18). The molecule has 1 aromatic carbocycles. The van der Waals surface area contributed by atoms with E-state index in [-0.39, 0.29) is 16.7 Å². The van der Waals surface area contributed by atoms with Crippen molar-refractivity contribution in [2.75, 3.05) is 20.1 Å². The number of nitrogens with one attached hydrogen (secondary N) is 3. The van der Waals surface area contributed by atoms with Crippen LogP contribution >= 0.6 is 0 Å². The van der Waals surface area contributed by atoms with Crippen molar-refractivity contribution in [1.29, 1.82) is 0 Å². The summed E-state index contributed by atoms with van der Waals surface area (Å²) in [5.74, 6) is 0.361. The average Bonchev–Trinajstić information content (AvgIpc) is 2.43. The van der Waals surface area contributed by atoms with Crippen molar-refractivity contribution in [3.8, 4) is 0 Å². The molecule has 0 radical (unpaired) electrons. The third-order valence-corrected chi connectivity index (χ3v) is 5.29. The van der Waals surface area contributed by atoms with Crippen LogP contribution in [0.4, 0.5) is 0 Å². The first-order chi connectivity index (χ1) is 9.94. The Morgan fingerprint density at radius 3 is 2.71 bits per heavy atom. The van der Waals surface area contributed by atoms with E-state index in [0.29, 0.717) is 12.5 Å². The Kier molecular flexibility index (Phi) is 4.97. The molecule has 1 aromatic rings. The summed E-state index contributed by atoms with van der Waals surface area (Å²) in [6, 6.07) is 6.57. The van der Waals surface area contributed by atoms with Gasteiger partial charge in [-0.05, 0) is 43.8 Å². The van der Waals surface area contributed by atoms with Crippen LogP contribution in [0.5, 0.6) is 0 Å². The lowest BCUT2D eigenvalue weighted by molar-refractivity contribution is -0.126. The molecule has 116 valence electrons. The molecule has 7 heteroatoms. The summed E-state index contributed by atoms with van der Waals surface area (Å²) in [7, 11) is -2.08. The normalized spacial score (nSPS) is 17.0. The van der Waals surface area contributed by atoms with Crippen LogP contribution in [0.2, 0.25) is 0 Å². The van der Waals surface area contributed by atoms with Gasteiger partial charge in [-0.1, -0.05) is 19.1 Å². The molecular weight excluding hydrogens is 290 g/mol. The molecule has 1 amide bonds. The number of carbonyl (C=O) groups is 1. The molecule has 6 nitrogen and oxygen atoms in total. The van der Waals surface area contributed by atoms with Gasteiger partial charge in [-0.2, -0.15) is 0 Å².